The number of hydrogen-bond donors (Lipinski definition) is 1. The molecular formula is C20H21N5O4. The van der Waals surface area contributed by atoms with Crippen molar-refractivity contribution < 1.29 is 19.1 Å². The smallest absolute Gasteiger partial charge is 0.330 e. The normalized spacial score (nSPS) is 10.4. The molecule has 29 heavy (non-hydrogen) atoms. The number of esters is 1. The molecule has 1 aromatic heterocycles. The van der Waals surface area contributed by atoms with Crippen molar-refractivity contribution >= 4 is 11.9 Å². The van der Waals surface area contributed by atoms with Crippen LogP contribution in [-0.2, 0) is 20.9 Å². The molecule has 0 aliphatic rings. The van der Waals surface area contributed by atoms with Crippen molar-refractivity contribution in [2.75, 3.05) is 19.8 Å². The van der Waals surface area contributed by atoms with Gasteiger partial charge in [0, 0.05) is 5.56 Å². The second-order valence-electron chi connectivity index (χ2n) is 6.18. The molecule has 1 heterocycles. The summed E-state index contributed by atoms with van der Waals surface area (Å²) in [7, 11) is 0. The van der Waals surface area contributed by atoms with E-state index in [-0.39, 0.29) is 13.2 Å². The number of nitrogens with one attached hydrogen (secondary N) is 1. The maximum Gasteiger partial charge on any atom is 0.330 e. The van der Waals surface area contributed by atoms with Gasteiger partial charge in [0.15, 0.2) is 13.2 Å². The molecule has 0 aliphatic carbocycles. The van der Waals surface area contributed by atoms with Gasteiger partial charge in [0.1, 0.15) is 12.4 Å². The molecule has 0 bridgehead atoms. The number of ether oxygens (including phenoxy) is 2. The van der Waals surface area contributed by atoms with Crippen molar-refractivity contribution in [3.63, 3.8) is 0 Å². The Morgan fingerprint density at radius 2 is 1.83 bits per heavy atom. The Labute approximate surface area is 167 Å². The monoisotopic (exact) mass is 395 g/mol. The SMILES string of the molecule is Cc1ccc(-c2nnn(CC(=O)OCC(=O)NCCOc3ccccc3)n2)cc1. The van der Waals surface area contributed by atoms with Crippen LogP contribution < -0.4 is 10.1 Å². The van der Waals surface area contributed by atoms with E-state index in [1.165, 1.54) is 0 Å². The van der Waals surface area contributed by atoms with E-state index in [2.05, 4.69) is 20.7 Å². The summed E-state index contributed by atoms with van der Waals surface area (Å²) in [6.45, 7) is 1.98. The number of rotatable bonds is 9. The highest BCUT2D eigenvalue weighted by atomic mass is 16.5. The molecule has 9 nitrogen and oxygen atoms in total. The summed E-state index contributed by atoms with van der Waals surface area (Å²) < 4.78 is 10.4. The van der Waals surface area contributed by atoms with Crippen LogP contribution in [0, 0.1) is 6.92 Å². The first-order valence-corrected chi connectivity index (χ1v) is 9.05. The number of carbonyl (C=O) groups is 2. The standard InChI is InChI=1S/C20H21N5O4/c1-15-7-9-16(10-8-15)20-22-24-25(23-20)13-19(27)29-14-18(26)21-11-12-28-17-5-3-2-4-6-17/h2-10H,11-14H2,1H3,(H,21,26). The lowest BCUT2D eigenvalue weighted by atomic mass is 10.1. The van der Waals surface area contributed by atoms with Gasteiger partial charge in [-0.25, -0.2) is 4.79 Å². The molecule has 0 aliphatic heterocycles. The molecule has 0 atom stereocenters. The van der Waals surface area contributed by atoms with E-state index >= 15 is 0 Å². The Bertz CT molecular complexity index is 941. The van der Waals surface area contributed by atoms with Crippen molar-refractivity contribution in [1.29, 1.82) is 0 Å². The lowest BCUT2D eigenvalue weighted by Gasteiger charge is -2.08. The Morgan fingerprint density at radius 1 is 1.07 bits per heavy atom. The predicted molar refractivity (Wildman–Crippen MR) is 104 cm³/mol. The zero-order valence-corrected chi connectivity index (χ0v) is 15.9. The average molecular weight is 395 g/mol. The van der Waals surface area contributed by atoms with Gasteiger partial charge in [0.05, 0.1) is 6.54 Å². The highest BCUT2D eigenvalue weighted by Crippen LogP contribution is 2.13. The van der Waals surface area contributed by atoms with Crippen LogP contribution in [0.3, 0.4) is 0 Å². The second-order valence-corrected chi connectivity index (χ2v) is 6.18. The number of benzene rings is 2. The topological polar surface area (TPSA) is 108 Å². The van der Waals surface area contributed by atoms with Crippen LogP contribution in [0.25, 0.3) is 11.4 Å². The number of carbonyl (C=O) groups excluding carboxylic acids is 2. The highest BCUT2D eigenvalue weighted by molar-refractivity contribution is 5.80. The first kappa shape index (κ1) is 20.0. The Morgan fingerprint density at radius 3 is 2.59 bits per heavy atom. The summed E-state index contributed by atoms with van der Waals surface area (Å²) >= 11 is 0. The largest absolute Gasteiger partial charge is 0.492 e. The number of aromatic nitrogens is 4. The Balaban J connectivity index is 1.35. The Hall–Kier alpha value is -3.75. The fraction of sp³-hybridized carbons (Fsp3) is 0.250. The first-order chi connectivity index (χ1) is 14.1. The predicted octanol–water partition coefficient (Wildman–Crippen LogP) is 1.39. The highest BCUT2D eigenvalue weighted by Gasteiger charge is 2.12. The first-order valence-electron chi connectivity index (χ1n) is 9.05. The average Bonchev–Trinajstić information content (AvgIpc) is 3.19. The van der Waals surface area contributed by atoms with Gasteiger partial charge in [-0.05, 0) is 24.3 Å². The van der Waals surface area contributed by atoms with E-state index < -0.39 is 11.9 Å². The van der Waals surface area contributed by atoms with Gasteiger partial charge in [0.2, 0.25) is 5.82 Å². The molecule has 0 saturated carbocycles. The quantitative estimate of drug-likeness (QED) is 0.431. The van der Waals surface area contributed by atoms with Crippen LogP contribution in [0.15, 0.2) is 54.6 Å². The molecule has 0 saturated heterocycles. The van der Waals surface area contributed by atoms with Crippen LogP contribution in [0.5, 0.6) is 5.75 Å². The lowest BCUT2D eigenvalue weighted by molar-refractivity contribution is -0.149. The van der Waals surface area contributed by atoms with Gasteiger partial charge in [-0.3, -0.25) is 4.79 Å². The third-order valence-electron chi connectivity index (χ3n) is 3.83. The molecule has 9 heteroatoms. The van der Waals surface area contributed by atoms with Crippen LogP contribution in [0.2, 0.25) is 0 Å². The van der Waals surface area contributed by atoms with E-state index in [0.717, 1.165) is 21.7 Å². The van der Waals surface area contributed by atoms with Gasteiger partial charge in [0.25, 0.3) is 5.91 Å². The zero-order valence-electron chi connectivity index (χ0n) is 15.9. The van der Waals surface area contributed by atoms with E-state index in [0.29, 0.717) is 19.0 Å². The van der Waals surface area contributed by atoms with Crippen molar-refractivity contribution in [1.82, 2.24) is 25.5 Å². The number of nitrogens with zero attached hydrogens (tertiary/aromatic N) is 4. The third kappa shape index (κ3) is 6.42. The third-order valence-corrected chi connectivity index (χ3v) is 3.83. The molecule has 150 valence electrons. The van der Waals surface area contributed by atoms with Gasteiger partial charge in [-0.15, -0.1) is 10.2 Å². The molecule has 1 amide bonds. The Kier molecular flexibility index (Phi) is 6.88. The molecule has 0 fully saturated rings. The second kappa shape index (κ2) is 9.98. The van der Waals surface area contributed by atoms with Crippen molar-refractivity contribution in [3.8, 4) is 17.1 Å². The van der Waals surface area contributed by atoms with Crippen molar-refractivity contribution in [2.45, 2.75) is 13.5 Å². The van der Waals surface area contributed by atoms with E-state index in [1.54, 1.807) is 0 Å². The van der Waals surface area contributed by atoms with Crippen LogP contribution in [0.1, 0.15) is 5.56 Å². The fourth-order valence-electron chi connectivity index (χ4n) is 2.36. The minimum absolute atomic E-state index is 0.233. The molecule has 0 spiro atoms. The summed E-state index contributed by atoms with van der Waals surface area (Å²) in [4.78, 5) is 24.7. The van der Waals surface area contributed by atoms with E-state index in [1.807, 2.05) is 61.5 Å². The van der Waals surface area contributed by atoms with Crippen LogP contribution >= 0.6 is 0 Å². The summed E-state index contributed by atoms with van der Waals surface area (Å²) in [5.41, 5.74) is 1.92. The molecular weight excluding hydrogens is 374 g/mol. The van der Waals surface area contributed by atoms with Gasteiger partial charge in [-0.2, -0.15) is 4.80 Å². The summed E-state index contributed by atoms with van der Waals surface area (Å²) in [5, 5.41) is 14.5. The van der Waals surface area contributed by atoms with Gasteiger partial charge < -0.3 is 14.8 Å². The number of tetrazole rings is 1. The zero-order chi connectivity index (χ0) is 20.5. The molecule has 0 radical (unpaired) electrons. The summed E-state index contributed by atoms with van der Waals surface area (Å²) in [5.74, 6) is 0.0860. The lowest BCUT2D eigenvalue weighted by Crippen LogP contribution is -2.32. The van der Waals surface area contributed by atoms with E-state index in [4.69, 9.17) is 9.47 Å². The fourth-order valence-corrected chi connectivity index (χ4v) is 2.36. The van der Waals surface area contributed by atoms with Crippen molar-refractivity contribution in [3.05, 3.63) is 60.2 Å². The summed E-state index contributed by atoms with van der Waals surface area (Å²) in [6.07, 6.45) is 0. The molecule has 3 rings (SSSR count). The number of aryl methyl sites for hydroxylation is 1. The molecule has 0 unspecified atom stereocenters. The maximum atomic E-state index is 11.9. The minimum Gasteiger partial charge on any atom is -0.492 e. The van der Waals surface area contributed by atoms with E-state index in [9.17, 15) is 9.59 Å². The maximum absolute atomic E-state index is 11.9. The van der Waals surface area contributed by atoms with Crippen molar-refractivity contribution in [2.24, 2.45) is 0 Å². The number of hydrogen-bond acceptors (Lipinski definition) is 7. The minimum atomic E-state index is -0.631. The molecule has 3 aromatic rings. The number of amides is 1. The van der Waals surface area contributed by atoms with Crippen LogP contribution in [0.4, 0.5) is 0 Å². The molecule has 2 aromatic carbocycles. The number of para-hydroxylation sites is 1. The van der Waals surface area contributed by atoms with Gasteiger partial charge >= 0.3 is 5.97 Å². The van der Waals surface area contributed by atoms with Gasteiger partial charge in [-0.1, -0.05) is 48.0 Å². The molecule has 1 N–H and O–H groups in total. The van der Waals surface area contributed by atoms with Crippen LogP contribution in [-0.4, -0.2) is 51.8 Å². The summed E-state index contributed by atoms with van der Waals surface area (Å²) in [6, 6.07) is 16.9.